The van der Waals surface area contributed by atoms with E-state index in [9.17, 15) is 62.9 Å². The first-order chi connectivity index (χ1) is 54.3. The molecule has 2 N–H and O–H groups in total. The number of nitrogens with zero attached hydrogens (tertiary/aromatic N) is 3. The molecule has 6 aromatic carbocycles. The monoisotopic (exact) mass is 1590 g/mol. The highest BCUT2D eigenvalue weighted by Gasteiger charge is 2.37. The van der Waals surface area contributed by atoms with E-state index in [4.69, 9.17) is 15.0 Å². The molecule has 3 aliphatic carbocycles. The van der Waals surface area contributed by atoms with E-state index in [1.807, 2.05) is 12.4 Å². The highest BCUT2D eigenvalue weighted by atomic mass is 19.3. The Morgan fingerprint density at radius 3 is 0.851 bits per heavy atom. The van der Waals surface area contributed by atoms with Crippen molar-refractivity contribution in [2.75, 3.05) is 20.8 Å². The van der Waals surface area contributed by atoms with Crippen molar-refractivity contribution in [2.45, 2.75) is 246 Å². The molecule has 0 radical (unpaired) electrons. The summed E-state index contributed by atoms with van der Waals surface area (Å²) >= 11 is 0. The van der Waals surface area contributed by atoms with Gasteiger partial charge in [0, 0.05) is 58.6 Å². The smallest absolute Gasteiger partial charge is 0.229 e. The van der Waals surface area contributed by atoms with Crippen molar-refractivity contribution in [1.29, 1.82) is 0 Å². The number of hydrogen-bond donors (Lipinski definition) is 2. The lowest BCUT2D eigenvalue weighted by atomic mass is 9.76. The van der Waals surface area contributed by atoms with E-state index in [1.165, 1.54) is 97.1 Å². The number of halogens is 14. The van der Waals surface area contributed by atoms with Crippen LogP contribution in [0.15, 0.2) is 164 Å². The lowest BCUT2D eigenvalue weighted by molar-refractivity contribution is 0.112. The number of hydrogen-bond acceptors (Lipinski definition) is 5. The summed E-state index contributed by atoms with van der Waals surface area (Å²) in [5, 5.41) is 23.1. The fraction of sp³-hybridized carbons (Fsp3) is 0.463. The molecule has 3 heterocycles. The van der Waals surface area contributed by atoms with Gasteiger partial charge < -0.3 is 10.2 Å². The Morgan fingerprint density at radius 2 is 0.570 bits per heavy atom. The minimum atomic E-state index is -1.75. The zero-order chi connectivity index (χ0) is 83.6. The molecule has 3 aromatic heterocycles. The van der Waals surface area contributed by atoms with Crippen LogP contribution in [-0.2, 0) is 0 Å². The van der Waals surface area contributed by atoms with Gasteiger partial charge >= 0.3 is 0 Å². The van der Waals surface area contributed by atoms with Gasteiger partial charge in [-0.2, -0.15) is 0 Å². The molecular weight excluding hydrogens is 1480 g/mol. The zero-order valence-corrected chi connectivity index (χ0v) is 67.7. The van der Waals surface area contributed by atoms with Crippen LogP contribution in [0.2, 0.25) is 0 Å². The van der Waals surface area contributed by atoms with Crippen LogP contribution in [0.1, 0.15) is 313 Å². The van der Waals surface area contributed by atoms with Gasteiger partial charge in [0.1, 0.15) is 41.0 Å². The van der Waals surface area contributed by atoms with E-state index < -0.39 is 57.0 Å². The molecule has 3 fully saturated rings. The van der Waals surface area contributed by atoms with Crippen molar-refractivity contribution in [2.24, 2.45) is 16.2 Å². The van der Waals surface area contributed by atoms with Gasteiger partial charge in [0.05, 0.1) is 23.2 Å². The molecule has 0 bridgehead atoms. The molecule has 12 rings (SSSR count). The topological polar surface area (TPSA) is 79.1 Å². The Balaban J connectivity index is 0.000000225. The lowest BCUT2D eigenvalue weighted by Crippen LogP contribution is -2.17. The molecule has 4 unspecified atom stereocenters. The number of rotatable bonds is 24. The van der Waals surface area contributed by atoms with Crippen LogP contribution in [0.3, 0.4) is 0 Å². The summed E-state index contributed by atoms with van der Waals surface area (Å²) in [6.07, 6.45) is 18.6. The molecule has 3 aliphatic rings. The number of aliphatic hydroxyl groups excluding tert-OH is 2. The highest BCUT2D eigenvalue weighted by Crippen LogP contribution is 2.52. The quantitative estimate of drug-likeness (QED) is 0.0590. The first-order valence-electron chi connectivity index (χ1n) is 40.0. The summed E-state index contributed by atoms with van der Waals surface area (Å²) in [6.45, 7) is 18.8. The van der Waals surface area contributed by atoms with E-state index in [0.29, 0.717) is 56.6 Å². The maximum Gasteiger partial charge on any atom is 0.229 e. The lowest BCUT2D eigenvalue weighted by Gasteiger charge is -2.30. The molecule has 0 aliphatic heterocycles. The standard InChI is InChI=1S/C31H36F3N.C31H37F2NO.C30H34F3NO.3CH2F2/c1-5-31(3,4)18-20(2)26-19-35-30(23-8-6-7-9-23)28(27(26)21-10-14-24(32)15-11-21)29(34)22-12-16-25(33)17-13-22;1-5-31(3,4)18-20(2)26-19-34-29(22-8-6-7-9-22)28(27(26)21-10-14-24(32)15-11-21)30(35)23-12-16-25(33)17-13-23;1-4-30(2,3)17-25(35)24-18-34-29(21-7-5-6-8-21)27(26(24)19-9-13-22(31)14-10-19)28(33)20-11-15-23(32)16-12-20;3*2-1-3/h10-17,19-20,23,29H,5-9,18H2,1-4H3;10-17,19-20,22,30,35H,5-9,18H2,1-4H3;9-16,18,21,25,28,35H,4-8,17H2,1-3H3;3*1H2/t20-,29?;20-,30?;;;;/m00..../s1. The number of aliphatic hydroxyl groups is 2. The van der Waals surface area contributed by atoms with E-state index in [0.717, 1.165) is 159 Å². The molecule has 5 nitrogen and oxygen atoms in total. The van der Waals surface area contributed by atoms with Gasteiger partial charge in [0.25, 0.3) is 0 Å². The first-order valence-corrected chi connectivity index (χ1v) is 40.0. The normalized spacial score (nSPS) is 15.6. The Kier molecular flexibility index (Phi) is 36.0. The van der Waals surface area contributed by atoms with Crippen LogP contribution in [0, 0.1) is 51.1 Å². The third-order valence-corrected chi connectivity index (χ3v) is 23.2. The average Bonchev–Trinajstić information content (AvgIpc) is 1.08. The summed E-state index contributed by atoms with van der Waals surface area (Å²) in [5.74, 6) is -1.25. The van der Waals surface area contributed by atoms with Crippen LogP contribution < -0.4 is 0 Å². The molecule has 0 spiro atoms. The Bertz CT molecular complexity index is 3910. The summed E-state index contributed by atoms with van der Waals surface area (Å²) < 4.78 is 173. The highest BCUT2D eigenvalue weighted by molar-refractivity contribution is 5.76. The van der Waals surface area contributed by atoms with E-state index in [-0.39, 0.29) is 69.1 Å². The minimum absolute atomic E-state index is 0.112. The number of benzene rings is 6. The molecule has 0 amide bonds. The first kappa shape index (κ1) is 92.9. The summed E-state index contributed by atoms with van der Waals surface area (Å²) in [4.78, 5) is 14.7. The van der Waals surface area contributed by atoms with Gasteiger partial charge in [-0.05, 0) is 220 Å². The minimum Gasteiger partial charge on any atom is -0.388 e. The van der Waals surface area contributed by atoms with Crippen molar-refractivity contribution < 1.29 is 71.7 Å². The largest absolute Gasteiger partial charge is 0.388 e. The van der Waals surface area contributed by atoms with E-state index in [2.05, 4.69) is 76.2 Å². The van der Waals surface area contributed by atoms with Crippen LogP contribution in [-0.4, -0.2) is 46.0 Å². The van der Waals surface area contributed by atoms with Gasteiger partial charge in [-0.3, -0.25) is 15.0 Å². The van der Waals surface area contributed by atoms with Crippen LogP contribution >= 0.6 is 0 Å². The van der Waals surface area contributed by atoms with Crippen molar-refractivity contribution in [1.82, 2.24) is 15.0 Å². The number of aromatic nitrogens is 3. The van der Waals surface area contributed by atoms with E-state index >= 15 is 8.78 Å². The second-order valence-corrected chi connectivity index (χ2v) is 32.7. The third kappa shape index (κ3) is 25.4. The SMILES string of the molecule is CCC(C)(C)CC(O)c1cnc(C2CCCC2)c(C(F)c2ccc(F)cc2)c1-c1ccc(F)cc1.CCC(C)(C)C[C@H](C)c1cnc(C2CCCC2)c(C(F)c2ccc(F)cc2)c1-c1ccc(F)cc1.CCC(C)(C)C[C@H](C)c1cnc(C2CCCC2)c(C(O)c2ccc(F)cc2)c1-c1ccc(F)cc1.FCF.FCF.FCF. The Hall–Kier alpha value is -8.29. The predicted molar refractivity (Wildman–Crippen MR) is 431 cm³/mol. The predicted octanol–water partition coefficient (Wildman–Crippen LogP) is 29.6. The van der Waals surface area contributed by atoms with Crippen molar-refractivity contribution in [3.63, 3.8) is 0 Å². The molecule has 618 valence electrons. The van der Waals surface area contributed by atoms with Crippen LogP contribution in [0.5, 0.6) is 0 Å². The van der Waals surface area contributed by atoms with Crippen molar-refractivity contribution in [3.05, 3.63) is 266 Å². The fourth-order valence-corrected chi connectivity index (χ4v) is 16.2. The van der Waals surface area contributed by atoms with Gasteiger partial charge in [0.15, 0.2) is 12.3 Å². The summed E-state index contributed by atoms with van der Waals surface area (Å²) in [7, 11) is 0. The maximum atomic E-state index is 16.5. The van der Waals surface area contributed by atoms with Gasteiger partial charge in [-0.25, -0.2) is 61.5 Å². The van der Waals surface area contributed by atoms with Crippen molar-refractivity contribution in [3.8, 4) is 33.4 Å². The van der Waals surface area contributed by atoms with Gasteiger partial charge in [-0.15, -0.1) is 0 Å². The maximum absolute atomic E-state index is 16.5. The Labute approximate surface area is 666 Å². The summed E-state index contributed by atoms with van der Waals surface area (Å²) in [5.41, 5.74) is 12.9. The van der Waals surface area contributed by atoms with E-state index in [1.54, 1.807) is 54.7 Å². The molecule has 19 heteroatoms. The molecule has 9 aromatic rings. The molecule has 0 saturated heterocycles. The fourth-order valence-electron chi connectivity index (χ4n) is 16.2. The second-order valence-electron chi connectivity index (χ2n) is 32.7. The van der Waals surface area contributed by atoms with Crippen LogP contribution in [0.25, 0.3) is 33.4 Å². The van der Waals surface area contributed by atoms with Crippen LogP contribution in [0.4, 0.5) is 61.5 Å². The number of alkyl halides is 8. The average molecular weight is 1590 g/mol. The second kappa shape index (κ2) is 44.2. The Morgan fingerprint density at radius 1 is 0.342 bits per heavy atom. The summed E-state index contributed by atoms with van der Waals surface area (Å²) in [6, 6.07) is 36.0. The van der Waals surface area contributed by atoms with Crippen molar-refractivity contribution >= 4 is 0 Å². The molecule has 6 atom stereocenters. The molecular formula is C95H113F14N3O2. The third-order valence-electron chi connectivity index (χ3n) is 23.2. The van der Waals surface area contributed by atoms with Gasteiger partial charge in [-0.1, -0.05) is 207 Å². The molecule has 114 heavy (non-hydrogen) atoms. The number of pyridine rings is 3. The molecule has 3 saturated carbocycles. The van der Waals surface area contributed by atoms with Gasteiger partial charge in [0.2, 0.25) is 20.8 Å². The zero-order valence-electron chi connectivity index (χ0n) is 67.7.